The molecule has 0 heterocycles. The summed E-state index contributed by atoms with van der Waals surface area (Å²) < 4.78 is 44.4. The minimum absolute atomic E-state index is 0.115. The summed E-state index contributed by atoms with van der Waals surface area (Å²) in [6, 6.07) is 3.96. The minimum atomic E-state index is -4.42. The van der Waals surface area contributed by atoms with Gasteiger partial charge in [-0.15, -0.1) is 0 Å². The van der Waals surface area contributed by atoms with Crippen molar-refractivity contribution in [2.75, 3.05) is 0 Å². The van der Waals surface area contributed by atoms with Crippen LogP contribution >= 0.6 is 0 Å². The van der Waals surface area contributed by atoms with Crippen LogP contribution in [-0.4, -0.2) is 12.1 Å². The summed E-state index contributed by atoms with van der Waals surface area (Å²) in [4.78, 5) is 0. The molecule has 2 N–H and O–H groups in total. The van der Waals surface area contributed by atoms with E-state index in [0.717, 1.165) is 6.07 Å². The van der Waals surface area contributed by atoms with Crippen molar-refractivity contribution in [2.45, 2.75) is 51.9 Å². The second-order valence-electron chi connectivity index (χ2n) is 4.85. The van der Waals surface area contributed by atoms with Gasteiger partial charge in [0.15, 0.2) is 0 Å². The molecule has 0 aliphatic heterocycles. The van der Waals surface area contributed by atoms with E-state index in [1.54, 1.807) is 19.9 Å². The highest BCUT2D eigenvalue weighted by atomic mass is 19.4. The van der Waals surface area contributed by atoms with Crippen molar-refractivity contribution in [2.24, 2.45) is 5.73 Å². The maximum Gasteiger partial charge on any atom is 0.419 e. The van der Waals surface area contributed by atoms with E-state index in [4.69, 9.17) is 10.5 Å². The number of benzene rings is 1. The predicted octanol–water partition coefficient (Wildman–Crippen LogP) is 3.77. The maximum atomic E-state index is 13.0. The quantitative estimate of drug-likeness (QED) is 0.887. The van der Waals surface area contributed by atoms with Gasteiger partial charge in [0, 0.05) is 6.04 Å². The van der Waals surface area contributed by atoms with E-state index in [2.05, 4.69) is 0 Å². The van der Waals surface area contributed by atoms with Gasteiger partial charge < -0.3 is 10.5 Å². The molecule has 0 radical (unpaired) electrons. The Morgan fingerprint density at radius 1 is 1.26 bits per heavy atom. The Labute approximate surface area is 111 Å². The molecule has 0 spiro atoms. The molecule has 1 aromatic carbocycles. The molecular formula is C14H20F3NO. The fraction of sp³-hybridized carbons (Fsp3) is 0.571. The number of halogens is 3. The van der Waals surface area contributed by atoms with Crippen LogP contribution < -0.4 is 10.5 Å². The van der Waals surface area contributed by atoms with Gasteiger partial charge in [-0.25, -0.2) is 0 Å². The molecule has 0 amide bonds. The SMILES string of the molecule is CCC(C)Oc1ccc(CC(C)N)cc1C(F)(F)F. The molecule has 1 rings (SSSR count). The predicted molar refractivity (Wildman–Crippen MR) is 69.2 cm³/mol. The molecule has 0 saturated carbocycles. The van der Waals surface area contributed by atoms with Crippen molar-refractivity contribution in [3.05, 3.63) is 29.3 Å². The minimum Gasteiger partial charge on any atom is -0.490 e. The molecule has 0 fully saturated rings. The summed E-state index contributed by atoms with van der Waals surface area (Å²) in [7, 11) is 0. The fourth-order valence-corrected chi connectivity index (χ4v) is 1.70. The van der Waals surface area contributed by atoms with Gasteiger partial charge in [0.1, 0.15) is 5.75 Å². The van der Waals surface area contributed by atoms with Crippen LogP contribution in [0.1, 0.15) is 38.3 Å². The van der Waals surface area contributed by atoms with E-state index in [0.29, 0.717) is 18.4 Å². The molecule has 0 aromatic heterocycles. The van der Waals surface area contributed by atoms with E-state index >= 15 is 0 Å². The van der Waals surface area contributed by atoms with Crippen LogP contribution in [0, 0.1) is 0 Å². The van der Waals surface area contributed by atoms with Crippen molar-refractivity contribution in [3.8, 4) is 5.75 Å². The number of nitrogens with two attached hydrogens (primary N) is 1. The van der Waals surface area contributed by atoms with E-state index in [1.807, 2.05) is 6.92 Å². The first-order chi connectivity index (χ1) is 8.74. The first-order valence-corrected chi connectivity index (χ1v) is 6.36. The largest absolute Gasteiger partial charge is 0.490 e. The lowest BCUT2D eigenvalue weighted by atomic mass is 10.0. The lowest BCUT2D eigenvalue weighted by Crippen LogP contribution is -2.19. The third-order valence-electron chi connectivity index (χ3n) is 2.81. The van der Waals surface area contributed by atoms with Gasteiger partial charge in [-0.05, 0) is 44.4 Å². The van der Waals surface area contributed by atoms with Crippen LogP contribution in [-0.2, 0) is 12.6 Å². The Kier molecular flexibility index (Phi) is 5.23. The monoisotopic (exact) mass is 275 g/mol. The van der Waals surface area contributed by atoms with Crippen molar-refractivity contribution in [1.82, 2.24) is 0 Å². The molecular weight excluding hydrogens is 255 g/mol. The Bertz CT molecular complexity index is 416. The number of alkyl halides is 3. The molecule has 2 unspecified atom stereocenters. The van der Waals surface area contributed by atoms with Gasteiger partial charge in [0.2, 0.25) is 0 Å². The number of hydrogen-bond donors (Lipinski definition) is 1. The van der Waals surface area contributed by atoms with Gasteiger partial charge in [-0.2, -0.15) is 13.2 Å². The van der Waals surface area contributed by atoms with Crippen LogP contribution in [0.2, 0.25) is 0 Å². The molecule has 1 aromatic rings. The van der Waals surface area contributed by atoms with Crippen molar-refractivity contribution >= 4 is 0 Å². The van der Waals surface area contributed by atoms with Crippen LogP contribution in [0.15, 0.2) is 18.2 Å². The Hall–Kier alpha value is -1.23. The molecule has 0 aliphatic rings. The van der Waals surface area contributed by atoms with Crippen LogP contribution in [0.25, 0.3) is 0 Å². The van der Waals surface area contributed by atoms with Gasteiger partial charge in [0.05, 0.1) is 11.7 Å². The van der Waals surface area contributed by atoms with Crippen LogP contribution in [0.3, 0.4) is 0 Å². The van der Waals surface area contributed by atoms with Crippen molar-refractivity contribution in [1.29, 1.82) is 0 Å². The normalized spacial score (nSPS) is 15.1. The Morgan fingerprint density at radius 2 is 1.89 bits per heavy atom. The highest BCUT2D eigenvalue weighted by molar-refractivity contribution is 5.39. The Morgan fingerprint density at radius 3 is 2.37 bits per heavy atom. The van der Waals surface area contributed by atoms with Crippen LogP contribution in [0.4, 0.5) is 13.2 Å². The summed E-state index contributed by atoms with van der Waals surface area (Å²) in [6.07, 6.45) is -3.61. The standard InChI is InChI=1S/C14H20F3NO/c1-4-10(3)19-13-6-5-11(7-9(2)18)8-12(13)14(15,16)17/h5-6,8-10H,4,7,18H2,1-3H3. The van der Waals surface area contributed by atoms with Gasteiger partial charge in [0.25, 0.3) is 0 Å². The highest BCUT2D eigenvalue weighted by Gasteiger charge is 2.35. The second kappa shape index (κ2) is 6.28. The molecule has 0 aliphatic carbocycles. The summed E-state index contributed by atoms with van der Waals surface area (Å²) >= 11 is 0. The topological polar surface area (TPSA) is 35.2 Å². The molecule has 2 nitrogen and oxygen atoms in total. The van der Waals surface area contributed by atoms with E-state index in [-0.39, 0.29) is 17.9 Å². The van der Waals surface area contributed by atoms with Crippen molar-refractivity contribution < 1.29 is 17.9 Å². The molecule has 5 heteroatoms. The summed E-state index contributed by atoms with van der Waals surface area (Å²) in [6.45, 7) is 5.37. The smallest absolute Gasteiger partial charge is 0.419 e. The van der Waals surface area contributed by atoms with Gasteiger partial charge >= 0.3 is 6.18 Å². The number of ether oxygens (including phenoxy) is 1. The number of rotatable bonds is 5. The first-order valence-electron chi connectivity index (χ1n) is 6.36. The Balaban J connectivity index is 3.10. The van der Waals surface area contributed by atoms with Crippen LogP contribution in [0.5, 0.6) is 5.75 Å². The van der Waals surface area contributed by atoms with E-state index in [1.165, 1.54) is 6.07 Å². The zero-order valence-electron chi connectivity index (χ0n) is 11.4. The lowest BCUT2D eigenvalue weighted by Gasteiger charge is -2.19. The van der Waals surface area contributed by atoms with Crippen molar-refractivity contribution in [3.63, 3.8) is 0 Å². The molecule has 2 atom stereocenters. The fourth-order valence-electron chi connectivity index (χ4n) is 1.70. The van der Waals surface area contributed by atoms with Gasteiger partial charge in [-0.3, -0.25) is 0 Å². The third kappa shape index (κ3) is 4.74. The highest BCUT2D eigenvalue weighted by Crippen LogP contribution is 2.37. The summed E-state index contributed by atoms with van der Waals surface area (Å²) in [5.74, 6) is -0.115. The summed E-state index contributed by atoms with van der Waals surface area (Å²) in [5, 5.41) is 0. The molecule has 108 valence electrons. The molecule has 0 saturated heterocycles. The zero-order chi connectivity index (χ0) is 14.6. The zero-order valence-corrected chi connectivity index (χ0v) is 11.4. The van der Waals surface area contributed by atoms with Gasteiger partial charge in [-0.1, -0.05) is 13.0 Å². The average Bonchev–Trinajstić information content (AvgIpc) is 2.28. The second-order valence-corrected chi connectivity index (χ2v) is 4.85. The lowest BCUT2D eigenvalue weighted by molar-refractivity contribution is -0.139. The maximum absolute atomic E-state index is 13.0. The average molecular weight is 275 g/mol. The number of hydrogen-bond acceptors (Lipinski definition) is 2. The molecule has 0 bridgehead atoms. The summed E-state index contributed by atoms with van der Waals surface area (Å²) in [5.41, 5.74) is 5.45. The van der Waals surface area contributed by atoms with E-state index in [9.17, 15) is 13.2 Å². The first kappa shape index (κ1) is 15.8. The third-order valence-corrected chi connectivity index (χ3v) is 2.81. The van der Waals surface area contributed by atoms with E-state index < -0.39 is 11.7 Å². The molecule has 19 heavy (non-hydrogen) atoms.